The number of hydrogen-bond acceptors (Lipinski definition) is 7. The van der Waals surface area contributed by atoms with Gasteiger partial charge in [0.05, 0.1) is 11.8 Å². The maximum Gasteiger partial charge on any atom is 0.255 e. The molecule has 6 rings (SSSR count). The molecule has 2 aliphatic rings. The number of likely N-dealkylation sites (N-methyl/N-ethyl adjacent to an activating group) is 1. The summed E-state index contributed by atoms with van der Waals surface area (Å²) < 4.78 is 1.69. The van der Waals surface area contributed by atoms with Crippen molar-refractivity contribution in [3.8, 4) is 22.3 Å². The van der Waals surface area contributed by atoms with Gasteiger partial charge in [-0.05, 0) is 62.2 Å². The SMILES string of the molecule is CN1CCN(C(C)(C)c2ccc(-c3ccc(C(=O)N4CC[C@@H](NC(=O)c5cc(-c6cnn(C)c6)cnc5N)C4)cc3)cc2)CC1. The molecule has 2 aromatic carbocycles. The number of amides is 2. The van der Waals surface area contributed by atoms with Gasteiger partial charge in [-0.2, -0.15) is 5.10 Å². The van der Waals surface area contributed by atoms with Gasteiger partial charge < -0.3 is 20.9 Å². The summed E-state index contributed by atoms with van der Waals surface area (Å²) in [5.41, 5.74) is 12.1. The molecule has 2 aromatic heterocycles. The van der Waals surface area contributed by atoms with E-state index in [9.17, 15) is 9.59 Å². The zero-order chi connectivity index (χ0) is 31.7. The molecule has 4 aromatic rings. The first kappa shape index (κ1) is 30.5. The number of anilines is 1. The van der Waals surface area contributed by atoms with Gasteiger partial charge in [-0.1, -0.05) is 36.4 Å². The highest BCUT2D eigenvalue weighted by Gasteiger charge is 2.31. The quantitative estimate of drug-likeness (QED) is 0.329. The lowest BCUT2D eigenvalue weighted by atomic mass is 9.90. The molecule has 0 unspecified atom stereocenters. The van der Waals surface area contributed by atoms with E-state index in [0.29, 0.717) is 30.6 Å². The Hall–Kier alpha value is -4.54. The molecule has 10 nitrogen and oxygen atoms in total. The Morgan fingerprint density at radius 3 is 2.18 bits per heavy atom. The van der Waals surface area contributed by atoms with Crippen LogP contribution in [0.5, 0.6) is 0 Å². The van der Waals surface area contributed by atoms with Crippen LogP contribution >= 0.6 is 0 Å². The van der Waals surface area contributed by atoms with E-state index in [-0.39, 0.29) is 29.2 Å². The molecule has 1 atom stereocenters. The van der Waals surface area contributed by atoms with Crippen LogP contribution < -0.4 is 11.1 Å². The van der Waals surface area contributed by atoms with E-state index in [1.165, 1.54) is 5.56 Å². The van der Waals surface area contributed by atoms with E-state index in [1.54, 1.807) is 28.0 Å². The van der Waals surface area contributed by atoms with Crippen LogP contribution in [0.3, 0.4) is 0 Å². The highest BCUT2D eigenvalue weighted by molar-refractivity contribution is 6.00. The number of hydrogen-bond donors (Lipinski definition) is 2. The summed E-state index contributed by atoms with van der Waals surface area (Å²) in [7, 11) is 4.01. The van der Waals surface area contributed by atoms with Crippen molar-refractivity contribution < 1.29 is 9.59 Å². The second-order valence-corrected chi connectivity index (χ2v) is 12.8. The van der Waals surface area contributed by atoms with E-state index < -0.39 is 0 Å². The van der Waals surface area contributed by atoms with Gasteiger partial charge in [-0.15, -0.1) is 0 Å². The largest absolute Gasteiger partial charge is 0.383 e. The average Bonchev–Trinajstić information content (AvgIpc) is 3.70. The van der Waals surface area contributed by atoms with Crippen molar-refractivity contribution >= 4 is 17.6 Å². The predicted octanol–water partition coefficient (Wildman–Crippen LogP) is 3.86. The molecule has 2 saturated heterocycles. The number of nitrogens with two attached hydrogens (primary N) is 1. The Balaban J connectivity index is 1.06. The lowest BCUT2D eigenvalue weighted by molar-refractivity contribution is 0.0606. The first-order chi connectivity index (χ1) is 21.6. The molecule has 2 amide bonds. The van der Waals surface area contributed by atoms with Gasteiger partial charge in [-0.3, -0.25) is 19.2 Å². The number of nitrogen functional groups attached to an aromatic ring is 1. The zero-order valence-electron chi connectivity index (χ0n) is 26.5. The van der Waals surface area contributed by atoms with Crippen molar-refractivity contribution in [3.63, 3.8) is 0 Å². The number of carbonyl (C=O) groups is 2. The lowest BCUT2D eigenvalue weighted by Crippen LogP contribution is -2.52. The normalized spacial score (nSPS) is 17.9. The summed E-state index contributed by atoms with van der Waals surface area (Å²) in [5.74, 6) is -0.172. The fraction of sp³-hybridized carbons (Fsp3) is 0.371. The minimum absolute atomic E-state index is 0.0312. The van der Waals surface area contributed by atoms with Crippen LogP contribution in [0.25, 0.3) is 22.3 Å². The van der Waals surface area contributed by atoms with Crippen molar-refractivity contribution in [2.45, 2.75) is 31.8 Å². The Morgan fingerprint density at radius 1 is 0.867 bits per heavy atom. The van der Waals surface area contributed by atoms with E-state index in [1.807, 2.05) is 37.5 Å². The third-order valence-electron chi connectivity index (χ3n) is 9.36. The Labute approximate surface area is 264 Å². The molecule has 2 aliphatic heterocycles. The summed E-state index contributed by atoms with van der Waals surface area (Å²) in [5, 5.41) is 7.23. The van der Waals surface area contributed by atoms with Crippen LogP contribution in [0.1, 0.15) is 46.5 Å². The van der Waals surface area contributed by atoms with E-state index in [4.69, 9.17) is 5.73 Å². The minimum Gasteiger partial charge on any atom is -0.383 e. The third-order valence-corrected chi connectivity index (χ3v) is 9.36. The Morgan fingerprint density at radius 2 is 1.53 bits per heavy atom. The van der Waals surface area contributed by atoms with E-state index in [0.717, 1.165) is 48.4 Å². The summed E-state index contributed by atoms with van der Waals surface area (Å²) >= 11 is 0. The number of nitrogens with zero attached hydrogens (tertiary/aromatic N) is 6. The average molecular weight is 607 g/mol. The third kappa shape index (κ3) is 6.48. The van der Waals surface area contributed by atoms with Crippen LogP contribution in [0, 0.1) is 0 Å². The van der Waals surface area contributed by atoms with Crippen LogP contribution in [-0.4, -0.2) is 93.6 Å². The molecule has 45 heavy (non-hydrogen) atoms. The van der Waals surface area contributed by atoms with Gasteiger partial charge in [0, 0.05) is 87.0 Å². The number of pyridine rings is 1. The second-order valence-electron chi connectivity index (χ2n) is 12.8. The fourth-order valence-corrected chi connectivity index (χ4v) is 6.32. The maximum atomic E-state index is 13.3. The molecular formula is C35H42N8O2. The summed E-state index contributed by atoms with van der Waals surface area (Å²) in [6.45, 7) is 9.93. The van der Waals surface area contributed by atoms with Crippen LogP contribution in [0.4, 0.5) is 5.82 Å². The zero-order valence-corrected chi connectivity index (χ0v) is 26.5. The number of piperazine rings is 1. The topological polar surface area (TPSA) is 113 Å². The molecule has 4 heterocycles. The van der Waals surface area contributed by atoms with Gasteiger partial charge >= 0.3 is 0 Å². The molecular weight excluding hydrogens is 564 g/mol. The van der Waals surface area contributed by atoms with E-state index in [2.05, 4.69) is 70.4 Å². The molecule has 3 N–H and O–H groups in total. The summed E-state index contributed by atoms with van der Waals surface area (Å²) in [4.78, 5) is 37.4. The van der Waals surface area contributed by atoms with Gasteiger partial charge in [-0.25, -0.2) is 4.98 Å². The van der Waals surface area contributed by atoms with Gasteiger partial charge in [0.2, 0.25) is 0 Å². The Kier molecular flexibility index (Phi) is 8.44. The predicted molar refractivity (Wildman–Crippen MR) is 177 cm³/mol. The highest BCUT2D eigenvalue weighted by atomic mass is 16.2. The van der Waals surface area contributed by atoms with Crippen LogP contribution in [0.15, 0.2) is 73.2 Å². The molecule has 2 fully saturated rings. The number of aryl methyl sites for hydroxylation is 1. The van der Waals surface area contributed by atoms with Crippen molar-refractivity contribution in [2.75, 3.05) is 52.0 Å². The smallest absolute Gasteiger partial charge is 0.255 e. The summed E-state index contributed by atoms with van der Waals surface area (Å²) in [6, 6.07) is 18.2. The number of benzene rings is 2. The fourth-order valence-electron chi connectivity index (χ4n) is 6.32. The number of aromatic nitrogens is 3. The Bertz CT molecular complexity index is 1670. The molecule has 234 valence electrons. The lowest BCUT2D eigenvalue weighted by Gasteiger charge is -2.43. The van der Waals surface area contributed by atoms with Gasteiger partial charge in [0.25, 0.3) is 11.8 Å². The number of carbonyl (C=O) groups excluding carboxylic acids is 2. The number of rotatable bonds is 7. The van der Waals surface area contributed by atoms with Gasteiger partial charge in [0.1, 0.15) is 5.82 Å². The highest BCUT2D eigenvalue weighted by Crippen LogP contribution is 2.31. The number of likely N-dealkylation sites (tertiary alicyclic amines) is 1. The maximum absolute atomic E-state index is 13.3. The molecule has 0 saturated carbocycles. The molecule has 0 aliphatic carbocycles. The molecule has 0 spiro atoms. The standard InChI is InChI=1S/C35H42N8O2/c1-35(2,43-17-15-40(3)16-18-43)29-11-9-25(10-12-29)24-5-7-26(8-6-24)34(45)42-14-13-30(23-42)39-33(44)31-19-27(20-37-32(31)36)28-21-38-41(4)22-28/h5-12,19-22,30H,13-18,23H2,1-4H3,(H2,36,37)(H,39,44)/t30-/m1/s1. The monoisotopic (exact) mass is 606 g/mol. The molecule has 0 bridgehead atoms. The van der Waals surface area contributed by atoms with Crippen molar-refractivity contribution in [1.82, 2.24) is 34.8 Å². The van der Waals surface area contributed by atoms with Gasteiger partial charge in [0.15, 0.2) is 0 Å². The number of nitrogens with one attached hydrogen (secondary N) is 1. The van der Waals surface area contributed by atoms with Crippen molar-refractivity contribution in [1.29, 1.82) is 0 Å². The van der Waals surface area contributed by atoms with Crippen LogP contribution in [0.2, 0.25) is 0 Å². The van der Waals surface area contributed by atoms with Crippen molar-refractivity contribution in [2.24, 2.45) is 7.05 Å². The van der Waals surface area contributed by atoms with Crippen LogP contribution in [-0.2, 0) is 12.6 Å². The molecule has 0 radical (unpaired) electrons. The first-order valence-electron chi connectivity index (χ1n) is 15.6. The summed E-state index contributed by atoms with van der Waals surface area (Å²) in [6.07, 6.45) is 5.88. The molecule has 10 heteroatoms. The van der Waals surface area contributed by atoms with E-state index >= 15 is 0 Å². The van der Waals surface area contributed by atoms with Crippen molar-refractivity contribution in [3.05, 3.63) is 89.9 Å². The second kappa shape index (κ2) is 12.5. The first-order valence-corrected chi connectivity index (χ1v) is 15.6. The minimum atomic E-state index is -0.299.